The molecule has 1 fully saturated rings. The largest absolute Gasteiger partial charge is 0.387 e. The summed E-state index contributed by atoms with van der Waals surface area (Å²) in [6.07, 6.45) is 1.71. The van der Waals surface area contributed by atoms with Gasteiger partial charge in [0.25, 0.3) is 0 Å². The van der Waals surface area contributed by atoms with E-state index in [1.807, 2.05) is 19.0 Å². The molecular formula is C16H33N3O2. The van der Waals surface area contributed by atoms with Gasteiger partial charge in [-0.05, 0) is 45.2 Å². The minimum atomic E-state index is -0.917. The second-order valence-electron chi connectivity index (χ2n) is 7.86. The van der Waals surface area contributed by atoms with Crippen molar-refractivity contribution in [3.8, 4) is 0 Å². The fourth-order valence-electron chi connectivity index (χ4n) is 3.46. The van der Waals surface area contributed by atoms with Crippen LogP contribution in [0.15, 0.2) is 0 Å². The summed E-state index contributed by atoms with van der Waals surface area (Å²) in [5.41, 5.74) is 5.10. The molecule has 5 nitrogen and oxygen atoms in total. The third-order valence-corrected chi connectivity index (χ3v) is 5.12. The normalized spacial score (nSPS) is 31.8. The molecule has 0 radical (unpaired) electrons. The molecule has 1 aliphatic rings. The van der Waals surface area contributed by atoms with Crippen LogP contribution in [0, 0.1) is 17.3 Å². The Bertz CT molecular complexity index is 367. The molecule has 0 saturated heterocycles. The lowest BCUT2D eigenvalue weighted by Crippen LogP contribution is -2.54. The predicted molar refractivity (Wildman–Crippen MR) is 85.8 cm³/mol. The van der Waals surface area contributed by atoms with Gasteiger partial charge in [0.1, 0.15) is 0 Å². The molecule has 0 bridgehead atoms. The van der Waals surface area contributed by atoms with Gasteiger partial charge in [0.05, 0.1) is 5.60 Å². The van der Waals surface area contributed by atoms with Gasteiger partial charge in [-0.2, -0.15) is 0 Å². The first kappa shape index (κ1) is 18.4. The highest BCUT2D eigenvalue weighted by Crippen LogP contribution is 2.44. The van der Waals surface area contributed by atoms with Gasteiger partial charge in [0.15, 0.2) is 0 Å². The lowest BCUT2D eigenvalue weighted by atomic mass is 9.61. The Labute approximate surface area is 129 Å². The molecule has 0 spiro atoms. The maximum Gasteiger partial charge on any atom is 0.223 e. The summed E-state index contributed by atoms with van der Waals surface area (Å²) in [5, 5.41) is 13.2. The molecule has 0 aromatic rings. The predicted octanol–water partition coefficient (Wildman–Crippen LogP) is 0.815. The zero-order valence-corrected chi connectivity index (χ0v) is 14.4. The molecule has 0 aliphatic heterocycles. The van der Waals surface area contributed by atoms with Crippen LogP contribution in [0.4, 0.5) is 0 Å². The topological polar surface area (TPSA) is 78.6 Å². The van der Waals surface area contributed by atoms with E-state index >= 15 is 0 Å². The van der Waals surface area contributed by atoms with Crippen molar-refractivity contribution < 1.29 is 9.90 Å². The smallest absolute Gasteiger partial charge is 0.223 e. The van der Waals surface area contributed by atoms with E-state index in [0.717, 1.165) is 12.8 Å². The van der Waals surface area contributed by atoms with Crippen molar-refractivity contribution in [2.45, 2.75) is 52.2 Å². The van der Waals surface area contributed by atoms with Crippen LogP contribution in [0.25, 0.3) is 0 Å². The van der Waals surface area contributed by atoms with Crippen molar-refractivity contribution in [3.05, 3.63) is 0 Å². The number of nitrogens with two attached hydrogens (primary N) is 1. The Morgan fingerprint density at radius 2 is 2.00 bits per heavy atom. The molecule has 4 atom stereocenters. The fourth-order valence-corrected chi connectivity index (χ4v) is 3.46. The average molecular weight is 299 g/mol. The van der Waals surface area contributed by atoms with E-state index in [-0.39, 0.29) is 29.8 Å². The van der Waals surface area contributed by atoms with E-state index in [0.29, 0.717) is 12.5 Å². The Balaban J connectivity index is 2.63. The molecule has 1 amide bonds. The van der Waals surface area contributed by atoms with Crippen LogP contribution in [0.1, 0.15) is 40.5 Å². The molecule has 0 heterocycles. The van der Waals surface area contributed by atoms with Crippen molar-refractivity contribution in [2.75, 3.05) is 27.2 Å². The Kier molecular flexibility index (Phi) is 5.81. The maximum absolute atomic E-state index is 12.5. The van der Waals surface area contributed by atoms with Gasteiger partial charge in [-0.15, -0.1) is 0 Å². The molecule has 5 heteroatoms. The Hall–Kier alpha value is -0.650. The van der Waals surface area contributed by atoms with E-state index in [4.69, 9.17) is 5.73 Å². The molecule has 1 aliphatic carbocycles. The van der Waals surface area contributed by atoms with Crippen LogP contribution in [0.5, 0.6) is 0 Å². The van der Waals surface area contributed by atoms with Crippen molar-refractivity contribution in [3.63, 3.8) is 0 Å². The first-order chi connectivity index (χ1) is 9.47. The van der Waals surface area contributed by atoms with Crippen LogP contribution < -0.4 is 11.1 Å². The van der Waals surface area contributed by atoms with Gasteiger partial charge >= 0.3 is 0 Å². The molecular weight excluding hydrogens is 266 g/mol. The number of hydrogen-bond donors (Lipinski definition) is 3. The zero-order valence-electron chi connectivity index (χ0n) is 14.4. The van der Waals surface area contributed by atoms with Gasteiger partial charge in [0, 0.05) is 25.0 Å². The van der Waals surface area contributed by atoms with Gasteiger partial charge in [-0.25, -0.2) is 0 Å². The molecule has 4 N–H and O–H groups in total. The quantitative estimate of drug-likeness (QED) is 0.702. The number of rotatable bonds is 5. The average Bonchev–Trinajstić information content (AvgIpc) is 2.32. The van der Waals surface area contributed by atoms with Crippen molar-refractivity contribution >= 4 is 5.91 Å². The monoisotopic (exact) mass is 299 g/mol. The highest BCUT2D eigenvalue weighted by Gasteiger charge is 2.45. The van der Waals surface area contributed by atoms with Crippen LogP contribution in [0.3, 0.4) is 0 Å². The summed E-state index contributed by atoms with van der Waals surface area (Å²) in [6, 6.07) is 0.167. The van der Waals surface area contributed by atoms with Gasteiger partial charge < -0.3 is 21.1 Å². The Morgan fingerprint density at radius 3 is 2.52 bits per heavy atom. The number of hydrogen-bond acceptors (Lipinski definition) is 4. The number of likely N-dealkylation sites (N-methyl/N-ethyl adjacent to an activating group) is 1. The van der Waals surface area contributed by atoms with E-state index in [1.165, 1.54) is 0 Å². The first-order valence-electron chi connectivity index (χ1n) is 7.88. The minimum absolute atomic E-state index is 0.0394. The molecule has 1 rings (SSSR count). The highest BCUT2D eigenvalue weighted by atomic mass is 16.3. The first-order valence-corrected chi connectivity index (χ1v) is 7.88. The molecule has 0 aromatic heterocycles. The Morgan fingerprint density at radius 1 is 1.43 bits per heavy atom. The highest BCUT2D eigenvalue weighted by molar-refractivity contribution is 5.79. The molecule has 1 saturated carbocycles. The third-order valence-electron chi connectivity index (χ3n) is 5.12. The number of nitrogens with zero attached hydrogens (tertiary/aromatic N) is 1. The van der Waals surface area contributed by atoms with Crippen LogP contribution >= 0.6 is 0 Å². The van der Waals surface area contributed by atoms with E-state index in [9.17, 15) is 9.90 Å². The second kappa shape index (κ2) is 6.63. The van der Waals surface area contributed by atoms with E-state index in [2.05, 4.69) is 26.1 Å². The van der Waals surface area contributed by atoms with Gasteiger partial charge in [-0.3, -0.25) is 4.79 Å². The summed E-state index contributed by atoms with van der Waals surface area (Å²) in [7, 11) is 3.81. The van der Waals surface area contributed by atoms with Crippen LogP contribution in [0.2, 0.25) is 0 Å². The summed E-state index contributed by atoms with van der Waals surface area (Å²) in [6.45, 7) is 8.92. The standard InChI is InChI=1S/C16H33N3O2/c1-11-13(17)8-7-12(15(11,2)3)14(20)18-9-16(4,21)10-19(5)6/h11-13,21H,7-10,17H2,1-6H3,(H,18,20). The number of carbonyl (C=O) groups is 1. The molecule has 4 unspecified atom stereocenters. The molecule has 124 valence electrons. The van der Waals surface area contributed by atoms with Crippen molar-refractivity contribution in [2.24, 2.45) is 23.0 Å². The number of nitrogens with one attached hydrogen (secondary N) is 1. The molecule has 0 aromatic carbocycles. The zero-order chi connectivity index (χ0) is 16.4. The number of amides is 1. The summed E-state index contributed by atoms with van der Waals surface area (Å²) in [4.78, 5) is 14.4. The van der Waals surface area contributed by atoms with Gasteiger partial charge in [-0.1, -0.05) is 20.8 Å². The van der Waals surface area contributed by atoms with Crippen LogP contribution in [-0.4, -0.2) is 54.7 Å². The summed E-state index contributed by atoms with van der Waals surface area (Å²) in [5.74, 6) is 0.310. The lowest BCUT2D eigenvalue weighted by Gasteiger charge is -2.46. The second-order valence-corrected chi connectivity index (χ2v) is 7.86. The van der Waals surface area contributed by atoms with E-state index < -0.39 is 5.60 Å². The van der Waals surface area contributed by atoms with Gasteiger partial charge in [0.2, 0.25) is 5.91 Å². The summed E-state index contributed by atoms with van der Waals surface area (Å²) >= 11 is 0. The molecule has 21 heavy (non-hydrogen) atoms. The van der Waals surface area contributed by atoms with Crippen LogP contribution in [-0.2, 0) is 4.79 Å². The fraction of sp³-hybridized carbons (Fsp3) is 0.938. The number of aliphatic hydroxyl groups is 1. The maximum atomic E-state index is 12.5. The van der Waals surface area contributed by atoms with Crippen molar-refractivity contribution in [1.82, 2.24) is 10.2 Å². The SMILES string of the molecule is CC1C(N)CCC(C(=O)NCC(C)(O)CN(C)C)C1(C)C. The van der Waals surface area contributed by atoms with E-state index in [1.54, 1.807) is 6.92 Å². The van der Waals surface area contributed by atoms with Crippen molar-refractivity contribution in [1.29, 1.82) is 0 Å². The summed E-state index contributed by atoms with van der Waals surface area (Å²) < 4.78 is 0. The minimum Gasteiger partial charge on any atom is -0.387 e. The lowest BCUT2D eigenvalue weighted by molar-refractivity contribution is -0.133. The number of carbonyl (C=O) groups excluding carboxylic acids is 1. The third kappa shape index (κ3) is 4.66.